The second-order valence-electron chi connectivity index (χ2n) is 3.92. The van der Waals surface area contributed by atoms with Crippen molar-refractivity contribution >= 4 is 16.6 Å². The normalized spacial score (nSPS) is 11.1. The summed E-state index contributed by atoms with van der Waals surface area (Å²) in [5.41, 5.74) is 7.75. The molecule has 6 nitrogen and oxygen atoms in total. The van der Waals surface area contributed by atoms with E-state index in [9.17, 15) is 0 Å². The lowest BCUT2D eigenvalue weighted by Gasteiger charge is -2.04. The van der Waals surface area contributed by atoms with Crippen molar-refractivity contribution in [3.63, 3.8) is 0 Å². The maximum absolute atomic E-state index is 5.98. The SMILES string of the molecule is Cn1nnc(Cn2ccc3cccc(N)c32)n1. The molecule has 0 fully saturated rings. The van der Waals surface area contributed by atoms with Gasteiger partial charge in [-0.15, -0.1) is 10.2 Å². The van der Waals surface area contributed by atoms with Crippen molar-refractivity contribution in [2.45, 2.75) is 6.54 Å². The molecule has 0 aliphatic carbocycles. The third kappa shape index (κ3) is 1.63. The zero-order chi connectivity index (χ0) is 11.8. The Balaban J connectivity index is 2.06. The van der Waals surface area contributed by atoms with Crippen LogP contribution in [0.5, 0.6) is 0 Å². The molecule has 0 unspecified atom stereocenters. The first kappa shape index (κ1) is 9.83. The molecular formula is C11H12N6. The molecule has 0 aliphatic heterocycles. The number of rotatable bonds is 2. The summed E-state index contributed by atoms with van der Waals surface area (Å²) in [5.74, 6) is 0.674. The van der Waals surface area contributed by atoms with Gasteiger partial charge in [-0.2, -0.15) is 4.80 Å². The van der Waals surface area contributed by atoms with Gasteiger partial charge in [-0.3, -0.25) is 0 Å². The molecule has 0 saturated carbocycles. The van der Waals surface area contributed by atoms with E-state index in [-0.39, 0.29) is 0 Å². The molecule has 2 N–H and O–H groups in total. The highest BCUT2D eigenvalue weighted by Crippen LogP contribution is 2.22. The fraction of sp³-hybridized carbons (Fsp3) is 0.182. The van der Waals surface area contributed by atoms with Gasteiger partial charge < -0.3 is 10.3 Å². The molecule has 0 bridgehead atoms. The Labute approximate surface area is 97.6 Å². The molecule has 3 rings (SSSR count). The average molecular weight is 228 g/mol. The van der Waals surface area contributed by atoms with Gasteiger partial charge in [0, 0.05) is 11.6 Å². The molecule has 0 radical (unpaired) electrons. The fourth-order valence-electron chi connectivity index (χ4n) is 1.96. The summed E-state index contributed by atoms with van der Waals surface area (Å²) >= 11 is 0. The minimum absolute atomic E-state index is 0.575. The Hall–Kier alpha value is -2.37. The number of para-hydroxylation sites is 1. The summed E-state index contributed by atoms with van der Waals surface area (Å²) in [6.07, 6.45) is 1.98. The summed E-state index contributed by atoms with van der Waals surface area (Å²) in [6.45, 7) is 0.575. The number of aromatic nitrogens is 5. The number of nitrogens with two attached hydrogens (primary N) is 1. The van der Waals surface area contributed by atoms with Crippen molar-refractivity contribution in [2.24, 2.45) is 7.05 Å². The van der Waals surface area contributed by atoms with Crippen LogP contribution in [-0.2, 0) is 13.6 Å². The molecule has 17 heavy (non-hydrogen) atoms. The maximum atomic E-state index is 5.98. The van der Waals surface area contributed by atoms with Crippen molar-refractivity contribution in [2.75, 3.05) is 5.73 Å². The van der Waals surface area contributed by atoms with E-state index in [1.807, 2.05) is 35.0 Å². The van der Waals surface area contributed by atoms with Crippen LogP contribution in [0, 0.1) is 0 Å². The lowest BCUT2D eigenvalue weighted by atomic mass is 10.2. The number of nitrogens with zero attached hydrogens (tertiary/aromatic N) is 5. The molecule has 0 aliphatic rings. The van der Waals surface area contributed by atoms with Crippen molar-refractivity contribution in [3.05, 3.63) is 36.3 Å². The quantitative estimate of drug-likeness (QED) is 0.658. The number of nitrogen functional groups attached to an aromatic ring is 1. The Morgan fingerprint density at radius 1 is 1.29 bits per heavy atom. The van der Waals surface area contributed by atoms with Gasteiger partial charge >= 0.3 is 0 Å². The van der Waals surface area contributed by atoms with Crippen molar-refractivity contribution in [1.82, 2.24) is 24.8 Å². The van der Waals surface area contributed by atoms with Gasteiger partial charge in [-0.05, 0) is 17.3 Å². The van der Waals surface area contributed by atoms with Gasteiger partial charge in [0.2, 0.25) is 0 Å². The van der Waals surface area contributed by atoms with E-state index in [0.29, 0.717) is 12.4 Å². The topological polar surface area (TPSA) is 74.5 Å². The number of hydrogen-bond donors (Lipinski definition) is 1. The molecule has 2 heterocycles. The van der Waals surface area contributed by atoms with Crippen LogP contribution in [0.2, 0.25) is 0 Å². The molecule has 2 aromatic heterocycles. The molecule has 1 aromatic carbocycles. The van der Waals surface area contributed by atoms with Crippen LogP contribution in [0.15, 0.2) is 30.5 Å². The molecule has 0 saturated heterocycles. The van der Waals surface area contributed by atoms with Gasteiger partial charge in [0.05, 0.1) is 24.8 Å². The Morgan fingerprint density at radius 2 is 2.18 bits per heavy atom. The second kappa shape index (κ2) is 3.58. The predicted molar refractivity (Wildman–Crippen MR) is 64.3 cm³/mol. The van der Waals surface area contributed by atoms with E-state index >= 15 is 0 Å². The first-order valence-corrected chi connectivity index (χ1v) is 5.30. The molecule has 0 spiro atoms. The summed E-state index contributed by atoms with van der Waals surface area (Å²) < 4.78 is 2.03. The standard InChI is InChI=1S/C11H12N6/c1-16-14-10(13-15-16)7-17-6-5-8-3-2-4-9(12)11(8)17/h2-6H,7,12H2,1H3. The molecule has 0 amide bonds. The van der Waals surface area contributed by atoms with E-state index in [1.54, 1.807) is 7.05 Å². The van der Waals surface area contributed by atoms with Gasteiger partial charge in [-0.25, -0.2) is 0 Å². The molecular weight excluding hydrogens is 216 g/mol. The van der Waals surface area contributed by atoms with E-state index in [1.165, 1.54) is 4.80 Å². The predicted octanol–water partition coefficient (Wildman–Crippen LogP) is 0.795. The van der Waals surface area contributed by atoms with Crippen molar-refractivity contribution in [3.8, 4) is 0 Å². The van der Waals surface area contributed by atoms with Crippen LogP contribution in [0.4, 0.5) is 5.69 Å². The van der Waals surface area contributed by atoms with Crippen LogP contribution in [-0.4, -0.2) is 24.8 Å². The smallest absolute Gasteiger partial charge is 0.194 e. The maximum Gasteiger partial charge on any atom is 0.194 e. The summed E-state index contributed by atoms with van der Waals surface area (Å²) in [4.78, 5) is 1.45. The van der Waals surface area contributed by atoms with Gasteiger partial charge in [0.15, 0.2) is 5.82 Å². The van der Waals surface area contributed by atoms with Gasteiger partial charge in [0.1, 0.15) is 0 Å². The summed E-state index contributed by atoms with van der Waals surface area (Å²) in [7, 11) is 1.75. The van der Waals surface area contributed by atoms with Crippen LogP contribution in [0.3, 0.4) is 0 Å². The highest BCUT2D eigenvalue weighted by molar-refractivity contribution is 5.90. The van der Waals surface area contributed by atoms with Gasteiger partial charge in [0.25, 0.3) is 0 Å². The zero-order valence-electron chi connectivity index (χ0n) is 9.41. The number of aryl methyl sites for hydroxylation is 1. The Bertz CT molecular complexity index is 665. The third-order valence-corrected chi connectivity index (χ3v) is 2.68. The van der Waals surface area contributed by atoms with E-state index in [4.69, 9.17) is 5.73 Å². The van der Waals surface area contributed by atoms with Crippen LogP contribution >= 0.6 is 0 Å². The lowest BCUT2D eigenvalue weighted by Crippen LogP contribution is -2.02. The largest absolute Gasteiger partial charge is 0.397 e. The Morgan fingerprint density at radius 3 is 2.94 bits per heavy atom. The number of fused-ring (bicyclic) bond motifs is 1. The third-order valence-electron chi connectivity index (χ3n) is 2.68. The molecule has 6 heteroatoms. The lowest BCUT2D eigenvalue weighted by molar-refractivity contribution is 0.626. The van der Waals surface area contributed by atoms with Crippen molar-refractivity contribution in [1.29, 1.82) is 0 Å². The van der Waals surface area contributed by atoms with Crippen molar-refractivity contribution < 1.29 is 0 Å². The average Bonchev–Trinajstić information content (AvgIpc) is 2.88. The molecule has 0 atom stereocenters. The number of tetrazole rings is 1. The Kier molecular flexibility index (Phi) is 2.07. The molecule has 86 valence electrons. The number of anilines is 1. The zero-order valence-corrected chi connectivity index (χ0v) is 9.41. The minimum Gasteiger partial charge on any atom is -0.397 e. The van der Waals surface area contributed by atoms with E-state index in [0.717, 1.165) is 16.6 Å². The summed E-state index contributed by atoms with van der Waals surface area (Å²) in [6, 6.07) is 7.90. The number of hydrogen-bond acceptors (Lipinski definition) is 4. The summed E-state index contributed by atoms with van der Waals surface area (Å²) in [5, 5.41) is 13.1. The number of benzene rings is 1. The van der Waals surface area contributed by atoms with E-state index in [2.05, 4.69) is 15.4 Å². The highest BCUT2D eigenvalue weighted by Gasteiger charge is 2.07. The highest BCUT2D eigenvalue weighted by atomic mass is 15.6. The first-order valence-electron chi connectivity index (χ1n) is 5.30. The van der Waals surface area contributed by atoms with E-state index < -0.39 is 0 Å². The first-order chi connectivity index (χ1) is 8.24. The minimum atomic E-state index is 0.575. The van der Waals surface area contributed by atoms with Crippen LogP contribution in [0.25, 0.3) is 10.9 Å². The van der Waals surface area contributed by atoms with Gasteiger partial charge in [-0.1, -0.05) is 12.1 Å². The van der Waals surface area contributed by atoms with Crippen LogP contribution in [0.1, 0.15) is 5.82 Å². The fourth-order valence-corrected chi connectivity index (χ4v) is 1.96. The second-order valence-corrected chi connectivity index (χ2v) is 3.92. The monoisotopic (exact) mass is 228 g/mol. The van der Waals surface area contributed by atoms with Crippen LogP contribution < -0.4 is 5.73 Å². The molecule has 3 aromatic rings.